The lowest BCUT2D eigenvalue weighted by Gasteiger charge is -2.37. The molecule has 198 valence electrons. The van der Waals surface area contributed by atoms with Crippen molar-refractivity contribution in [1.29, 1.82) is 0 Å². The Bertz CT molecular complexity index is 1290. The molecule has 2 fully saturated rings. The zero-order valence-electron chi connectivity index (χ0n) is 21.3. The van der Waals surface area contributed by atoms with Crippen LogP contribution in [0.4, 0.5) is 10.2 Å². The minimum Gasteiger partial charge on any atom is -0.384 e. The summed E-state index contributed by atoms with van der Waals surface area (Å²) in [6, 6.07) is 8.29. The van der Waals surface area contributed by atoms with Gasteiger partial charge in [-0.05, 0) is 68.6 Å². The molecule has 2 aliphatic rings. The zero-order chi connectivity index (χ0) is 25.9. The molecule has 5 rings (SSSR count). The van der Waals surface area contributed by atoms with E-state index in [2.05, 4.69) is 9.88 Å². The van der Waals surface area contributed by atoms with Crippen LogP contribution in [0.3, 0.4) is 0 Å². The van der Waals surface area contributed by atoms with Crippen LogP contribution < -0.4 is 11.4 Å². The number of nitrogens with zero attached hydrogens (tertiary/aromatic N) is 5. The molecule has 0 unspecified atom stereocenters. The molecule has 2 aliphatic heterocycles. The topological polar surface area (TPSA) is 98.6 Å². The molecule has 2 saturated heterocycles. The van der Waals surface area contributed by atoms with Gasteiger partial charge >= 0.3 is 5.69 Å². The second kappa shape index (κ2) is 11.0. The molecule has 1 aromatic carbocycles. The van der Waals surface area contributed by atoms with Crippen LogP contribution in [0.15, 0.2) is 41.3 Å². The van der Waals surface area contributed by atoms with E-state index < -0.39 is 0 Å². The van der Waals surface area contributed by atoms with Gasteiger partial charge in [0.1, 0.15) is 11.6 Å². The van der Waals surface area contributed by atoms with Crippen LogP contribution in [0.2, 0.25) is 0 Å². The molecule has 10 heteroatoms. The number of hydrogen-bond donors (Lipinski definition) is 1. The highest BCUT2D eigenvalue weighted by molar-refractivity contribution is 5.79. The summed E-state index contributed by atoms with van der Waals surface area (Å²) in [6.45, 7) is 4.56. The predicted molar refractivity (Wildman–Crippen MR) is 140 cm³/mol. The van der Waals surface area contributed by atoms with Gasteiger partial charge in [0.15, 0.2) is 0 Å². The summed E-state index contributed by atoms with van der Waals surface area (Å²) < 4.78 is 22.5. The monoisotopic (exact) mass is 510 g/mol. The van der Waals surface area contributed by atoms with Crippen LogP contribution in [0.5, 0.6) is 0 Å². The Morgan fingerprint density at radius 1 is 1.08 bits per heavy atom. The fourth-order valence-corrected chi connectivity index (χ4v) is 5.73. The molecule has 0 saturated carbocycles. The maximum atomic E-state index is 14.0. The van der Waals surface area contributed by atoms with Crippen molar-refractivity contribution in [1.82, 2.24) is 23.9 Å². The lowest BCUT2D eigenvalue weighted by Crippen LogP contribution is -2.46. The van der Waals surface area contributed by atoms with Crippen LogP contribution in [0.25, 0.3) is 11.0 Å². The van der Waals surface area contributed by atoms with Crippen LogP contribution in [-0.4, -0.2) is 69.7 Å². The average molecular weight is 511 g/mol. The third-order valence-electron chi connectivity index (χ3n) is 7.78. The summed E-state index contributed by atoms with van der Waals surface area (Å²) in [5, 5.41) is 0. The maximum absolute atomic E-state index is 14.0. The van der Waals surface area contributed by atoms with E-state index in [1.54, 1.807) is 22.3 Å². The Morgan fingerprint density at radius 3 is 2.51 bits per heavy atom. The van der Waals surface area contributed by atoms with Crippen molar-refractivity contribution in [2.24, 2.45) is 5.92 Å². The summed E-state index contributed by atoms with van der Waals surface area (Å²) in [7, 11) is 1.58. The zero-order valence-corrected chi connectivity index (χ0v) is 21.3. The average Bonchev–Trinajstić information content (AvgIpc) is 3.19. The first-order chi connectivity index (χ1) is 17.9. The number of halogens is 1. The first kappa shape index (κ1) is 25.4. The third kappa shape index (κ3) is 5.40. The molecule has 2 aromatic heterocycles. The molecule has 2 N–H and O–H groups in total. The minimum absolute atomic E-state index is 0.0244. The highest BCUT2D eigenvalue weighted by Crippen LogP contribution is 2.29. The first-order valence-corrected chi connectivity index (χ1v) is 13.1. The third-order valence-corrected chi connectivity index (χ3v) is 7.78. The molecule has 37 heavy (non-hydrogen) atoms. The number of rotatable bonds is 7. The van der Waals surface area contributed by atoms with Gasteiger partial charge in [-0.2, -0.15) is 0 Å². The van der Waals surface area contributed by atoms with Crippen molar-refractivity contribution < 1.29 is 13.9 Å². The van der Waals surface area contributed by atoms with Crippen molar-refractivity contribution in [2.75, 3.05) is 45.6 Å². The lowest BCUT2D eigenvalue weighted by molar-refractivity contribution is -0.138. The van der Waals surface area contributed by atoms with E-state index in [9.17, 15) is 14.0 Å². The number of nitrogen functional groups attached to an aromatic ring is 1. The van der Waals surface area contributed by atoms with Crippen LogP contribution >= 0.6 is 0 Å². The summed E-state index contributed by atoms with van der Waals surface area (Å²) >= 11 is 0. The first-order valence-electron chi connectivity index (χ1n) is 13.1. The molecular formula is C27H35FN6O3. The van der Waals surface area contributed by atoms with E-state index in [0.717, 1.165) is 43.6 Å². The molecule has 0 spiro atoms. The minimum atomic E-state index is -0.368. The molecule has 0 bridgehead atoms. The van der Waals surface area contributed by atoms with Gasteiger partial charge in [0, 0.05) is 44.9 Å². The summed E-state index contributed by atoms with van der Waals surface area (Å²) in [4.78, 5) is 35.1. The Hall–Kier alpha value is -3.24. The fraction of sp³-hybridized carbons (Fsp3) is 0.519. The van der Waals surface area contributed by atoms with Gasteiger partial charge in [-0.25, -0.2) is 14.2 Å². The Balaban J connectivity index is 1.19. The van der Waals surface area contributed by atoms with E-state index in [-0.39, 0.29) is 29.4 Å². The van der Waals surface area contributed by atoms with Crippen LogP contribution in [0.1, 0.15) is 37.3 Å². The number of methoxy groups -OCH3 is 1. The lowest BCUT2D eigenvalue weighted by atomic mass is 9.93. The van der Waals surface area contributed by atoms with E-state index >= 15 is 0 Å². The van der Waals surface area contributed by atoms with E-state index in [0.29, 0.717) is 50.4 Å². The number of benzene rings is 1. The van der Waals surface area contributed by atoms with E-state index in [1.807, 2.05) is 23.2 Å². The summed E-state index contributed by atoms with van der Waals surface area (Å²) in [5.74, 6) is 0.419. The smallest absolute Gasteiger partial charge is 0.329 e. The number of piperidine rings is 2. The Labute approximate surface area is 215 Å². The van der Waals surface area contributed by atoms with Crippen molar-refractivity contribution in [3.63, 3.8) is 0 Å². The molecular weight excluding hydrogens is 475 g/mol. The molecule has 0 atom stereocenters. The number of anilines is 1. The highest BCUT2D eigenvalue weighted by atomic mass is 19.1. The van der Waals surface area contributed by atoms with Crippen molar-refractivity contribution in [2.45, 2.75) is 44.8 Å². The van der Waals surface area contributed by atoms with Gasteiger partial charge in [-0.3, -0.25) is 18.8 Å². The molecule has 1 amide bonds. The van der Waals surface area contributed by atoms with E-state index in [4.69, 9.17) is 10.5 Å². The summed E-state index contributed by atoms with van der Waals surface area (Å²) in [6.07, 6.45) is 4.91. The van der Waals surface area contributed by atoms with Crippen molar-refractivity contribution in [3.8, 4) is 0 Å². The number of amides is 1. The molecule has 3 aromatic rings. The Kier molecular flexibility index (Phi) is 7.57. The second-order valence-electron chi connectivity index (χ2n) is 10.1. The Morgan fingerprint density at radius 2 is 1.84 bits per heavy atom. The fourth-order valence-electron chi connectivity index (χ4n) is 5.73. The molecule has 0 radical (unpaired) electrons. The highest BCUT2D eigenvalue weighted by Gasteiger charge is 2.32. The summed E-state index contributed by atoms with van der Waals surface area (Å²) in [5.41, 5.74) is 7.97. The maximum Gasteiger partial charge on any atom is 0.329 e. The molecule has 0 aliphatic carbocycles. The van der Waals surface area contributed by atoms with Crippen molar-refractivity contribution >= 4 is 22.8 Å². The number of pyridine rings is 1. The van der Waals surface area contributed by atoms with Gasteiger partial charge in [0.2, 0.25) is 5.91 Å². The van der Waals surface area contributed by atoms with Crippen LogP contribution in [-0.2, 0) is 22.6 Å². The van der Waals surface area contributed by atoms with Gasteiger partial charge in [-0.1, -0.05) is 6.07 Å². The predicted octanol–water partition coefficient (Wildman–Crippen LogP) is 2.64. The van der Waals surface area contributed by atoms with Gasteiger partial charge in [0.05, 0.1) is 24.2 Å². The van der Waals surface area contributed by atoms with Gasteiger partial charge in [0.25, 0.3) is 0 Å². The van der Waals surface area contributed by atoms with Crippen molar-refractivity contribution in [3.05, 3.63) is 58.4 Å². The SMILES string of the molecule is COCCn1c(=O)n(C2CCN(C(=O)C3CCN(Cc4ccc(N)nc4)CC3)CC2)c2ccc(F)cc21. The number of nitrogens with two attached hydrogens (primary N) is 1. The number of hydrogen-bond acceptors (Lipinski definition) is 6. The number of imidazole rings is 1. The van der Waals surface area contributed by atoms with E-state index in [1.165, 1.54) is 12.1 Å². The molecule has 4 heterocycles. The normalized spacial score (nSPS) is 18.1. The number of carbonyl (C=O) groups is 1. The second-order valence-corrected chi connectivity index (χ2v) is 10.1. The number of likely N-dealkylation sites (tertiary alicyclic amines) is 2. The number of fused-ring (bicyclic) bond motifs is 1. The standard InChI is InChI=1S/C27H35FN6O3/c1-37-15-14-33-24-16-21(28)3-4-23(24)34(27(33)36)22-8-12-32(13-9-22)26(35)20-6-10-31(11-7-20)18-19-2-5-25(29)30-17-19/h2-5,16-17,20,22H,6-15,18H2,1H3,(H2,29,30). The van der Waals surface area contributed by atoms with Gasteiger partial charge < -0.3 is 15.4 Å². The molecule has 9 nitrogen and oxygen atoms in total. The number of aromatic nitrogens is 3. The number of carbonyl (C=O) groups excluding carboxylic acids is 1. The van der Waals surface area contributed by atoms with Crippen LogP contribution in [0, 0.1) is 11.7 Å². The van der Waals surface area contributed by atoms with Gasteiger partial charge in [-0.15, -0.1) is 0 Å². The number of ether oxygens (including phenoxy) is 1. The quantitative estimate of drug-likeness (QED) is 0.525. The largest absolute Gasteiger partial charge is 0.384 e.